The van der Waals surface area contributed by atoms with Crippen molar-refractivity contribution in [2.24, 2.45) is 5.92 Å². The van der Waals surface area contributed by atoms with E-state index in [1.54, 1.807) is 12.1 Å². The zero-order chi connectivity index (χ0) is 21.5. The van der Waals surface area contributed by atoms with Crippen LogP contribution in [0.2, 0.25) is 0 Å². The molecule has 166 valence electrons. The SMILES string of the molecule is O=C(NC1CC1)[C@H]1Cc2cc([N+](=O)[O-])ccc2N2CCN(CC(=O)N3CCCC3)C[C@@H]12. The first-order chi connectivity index (χ1) is 15.0. The van der Waals surface area contributed by atoms with Crippen molar-refractivity contribution in [3.05, 3.63) is 33.9 Å². The van der Waals surface area contributed by atoms with Crippen molar-refractivity contribution < 1.29 is 14.5 Å². The number of benzene rings is 1. The highest BCUT2D eigenvalue weighted by atomic mass is 16.6. The third-order valence-electron chi connectivity index (χ3n) is 7.07. The van der Waals surface area contributed by atoms with Crippen molar-refractivity contribution in [1.29, 1.82) is 0 Å². The average molecular weight is 428 g/mol. The molecule has 3 aliphatic heterocycles. The number of nitro benzene ring substituents is 1. The summed E-state index contributed by atoms with van der Waals surface area (Å²) in [4.78, 5) is 43.0. The maximum Gasteiger partial charge on any atom is 0.269 e. The van der Waals surface area contributed by atoms with E-state index in [2.05, 4.69) is 15.1 Å². The summed E-state index contributed by atoms with van der Waals surface area (Å²) < 4.78 is 0. The van der Waals surface area contributed by atoms with Crippen molar-refractivity contribution >= 4 is 23.2 Å². The summed E-state index contributed by atoms with van der Waals surface area (Å²) in [6.45, 7) is 4.19. The van der Waals surface area contributed by atoms with E-state index in [4.69, 9.17) is 0 Å². The van der Waals surface area contributed by atoms with Crippen LogP contribution in [0.15, 0.2) is 18.2 Å². The molecular formula is C22H29N5O4. The Morgan fingerprint density at radius 1 is 1.13 bits per heavy atom. The lowest BCUT2D eigenvalue weighted by molar-refractivity contribution is -0.384. The van der Waals surface area contributed by atoms with Crippen LogP contribution in [0.4, 0.5) is 11.4 Å². The molecule has 1 aromatic carbocycles. The van der Waals surface area contributed by atoms with E-state index in [-0.39, 0.29) is 40.4 Å². The van der Waals surface area contributed by atoms with Crippen LogP contribution in [0.25, 0.3) is 0 Å². The predicted octanol–water partition coefficient (Wildman–Crippen LogP) is 1.16. The maximum atomic E-state index is 13.1. The first-order valence-electron chi connectivity index (χ1n) is 11.3. The molecule has 1 aliphatic carbocycles. The predicted molar refractivity (Wildman–Crippen MR) is 115 cm³/mol. The molecule has 0 aromatic heterocycles. The molecule has 2 atom stereocenters. The van der Waals surface area contributed by atoms with E-state index in [0.717, 1.165) is 56.6 Å². The van der Waals surface area contributed by atoms with Gasteiger partial charge < -0.3 is 15.1 Å². The highest BCUT2D eigenvalue weighted by Gasteiger charge is 2.43. The fraction of sp³-hybridized carbons (Fsp3) is 0.636. The van der Waals surface area contributed by atoms with Crippen LogP contribution >= 0.6 is 0 Å². The van der Waals surface area contributed by atoms with Crippen LogP contribution < -0.4 is 10.2 Å². The Labute approximate surface area is 181 Å². The lowest BCUT2D eigenvalue weighted by Gasteiger charge is -2.49. The number of carbonyl (C=O) groups excluding carboxylic acids is 2. The minimum atomic E-state index is -0.381. The minimum Gasteiger partial charge on any atom is -0.365 e. The zero-order valence-electron chi connectivity index (χ0n) is 17.7. The number of nitro groups is 1. The molecular weight excluding hydrogens is 398 g/mol. The van der Waals surface area contributed by atoms with E-state index in [0.29, 0.717) is 26.1 Å². The van der Waals surface area contributed by atoms with Gasteiger partial charge in [-0.3, -0.25) is 24.6 Å². The molecule has 9 heteroatoms. The van der Waals surface area contributed by atoms with Crippen molar-refractivity contribution in [2.75, 3.05) is 44.2 Å². The Morgan fingerprint density at radius 2 is 1.90 bits per heavy atom. The van der Waals surface area contributed by atoms with Gasteiger partial charge in [-0.15, -0.1) is 0 Å². The second-order valence-corrected chi connectivity index (χ2v) is 9.25. The lowest BCUT2D eigenvalue weighted by atomic mass is 9.83. The highest BCUT2D eigenvalue weighted by molar-refractivity contribution is 5.83. The molecule has 31 heavy (non-hydrogen) atoms. The molecule has 0 unspecified atom stereocenters. The summed E-state index contributed by atoms with van der Waals surface area (Å²) >= 11 is 0. The molecule has 2 amide bonds. The molecule has 9 nitrogen and oxygen atoms in total. The van der Waals surface area contributed by atoms with E-state index in [1.165, 1.54) is 0 Å². The van der Waals surface area contributed by atoms with Crippen LogP contribution in [-0.2, 0) is 16.0 Å². The number of hydrogen-bond donors (Lipinski definition) is 1. The summed E-state index contributed by atoms with van der Waals surface area (Å²) in [5.41, 5.74) is 1.91. The topological polar surface area (TPSA) is 99.0 Å². The van der Waals surface area contributed by atoms with E-state index in [1.807, 2.05) is 11.0 Å². The lowest BCUT2D eigenvalue weighted by Crippen LogP contribution is -2.62. The molecule has 1 N–H and O–H groups in total. The Balaban J connectivity index is 1.37. The number of likely N-dealkylation sites (tertiary alicyclic amines) is 1. The van der Waals surface area contributed by atoms with Gasteiger partial charge in [0, 0.05) is 56.6 Å². The Morgan fingerprint density at radius 3 is 2.61 bits per heavy atom. The number of rotatable bonds is 5. The number of amides is 2. The van der Waals surface area contributed by atoms with E-state index < -0.39 is 0 Å². The molecule has 5 rings (SSSR count). The Kier molecular flexibility index (Phi) is 5.29. The van der Waals surface area contributed by atoms with Gasteiger partial charge in [0.05, 0.1) is 23.4 Å². The van der Waals surface area contributed by atoms with Crippen LogP contribution in [0.1, 0.15) is 31.2 Å². The van der Waals surface area contributed by atoms with E-state index >= 15 is 0 Å². The number of fused-ring (bicyclic) bond motifs is 3. The molecule has 3 heterocycles. The van der Waals surface area contributed by atoms with Crippen LogP contribution in [0.5, 0.6) is 0 Å². The molecule has 2 saturated heterocycles. The van der Waals surface area contributed by atoms with Gasteiger partial charge in [0.1, 0.15) is 0 Å². The molecule has 0 bridgehead atoms. The number of nitrogens with one attached hydrogen (secondary N) is 1. The second-order valence-electron chi connectivity index (χ2n) is 9.25. The average Bonchev–Trinajstić information content (AvgIpc) is 3.39. The molecule has 0 spiro atoms. The highest BCUT2D eigenvalue weighted by Crippen LogP contribution is 2.38. The smallest absolute Gasteiger partial charge is 0.269 e. The number of non-ortho nitro benzene ring substituents is 1. The van der Waals surface area contributed by atoms with Gasteiger partial charge in [-0.05, 0) is 43.7 Å². The monoisotopic (exact) mass is 427 g/mol. The molecule has 1 aromatic rings. The van der Waals surface area contributed by atoms with Crippen molar-refractivity contribution in [3.63, 3.8) is 0 Å². The summed E-state index contributed by atoms with van der Waals surface area (Å²) in [6.07, 6.45) is 4.68. The summed E-state index contributed by atoms with van der Waals surface area (Å²) in [6, 6.07) is 5.22. The summed E-state index contributed by atoms with van der Waals surface area (Å²) in [7, 11) is 0. The van der Waals surface area contributed by atoms with Gasteiger partial charge in [0.25, 0.3) is 5.69 Å². The normalized spacial score (nSPS) is 25.7. The van der Waals surface area contributed by atoms with Crippen molar-refractivity contribution in [3.8, 4) is 0 Å². The minimum absolute atomic E-state index is 0.0300. The van der Waals surface area contributed by atoms with Gasteiger partial charge in [-0.1, -0.05) is 0 Å². The zero-order valence-corrected chi connectivity index (χ0v) is 17.7. The fourth-order valence-corrected chi connectivity index (χ4v) is 5.22. The van der Waals surface area contributed by atoms with E-state index in [9.17, 15) is 19.7 Å². The summed E-state index contributed by atoms with van der Waals surface area (Å²) in [5, 5.41) is 14.4. The second kappa shape index (κ2) is 8.11. The third kappa shape index (κ3) is 4.11. The largest absolute Gasteiger partial charge is 0.365 e. The molecule has 3 fully saturated rings. The van der Waals surface area contributed by atoms with Gasteiger partial charge in [-0.25, -0.2) is 0 Å². The van der Waals surface area contributed by atoms with Crippen molar-refractivity contribution in [1.82, 2.24) is 15.1 Å². The van der Waals surface area contributed by atoms with Gasteiger partial charge in [0.15, 0.2) is 0 Å². The number of nitrogens with zero attached hydrogens (tertiary/aromatic N) is 4. The van der Waals surface area contributed by atoms with Crippen molar-refractivity contribution in [2.45, 2.75) is 44.2 Å². The molecule has 0 radical (unpaired) electrons. The quantitative estimate of drug-likeness (QED) is 0.559. The molecule has 1 saturated carbocycles. The van der Waals surface area contributed by atoms with Gasteiger partial charge in [0.2, 0.25) is 11.8 Å². The van der Waals surface area contributed by atoms with Gasteiger partial charge >= 0.3 is 0 Å². The first-order valence-corrected chi connectivity index (χ1v) is 11.3. The van der Waals surface area contributed by atoms with Gasteiger partial charge in [-0.2, -0.15) is 0 Å². The number of piperazine rings is 1. The Hall–Kier alpha value is -2.68. The third-order valence-corrected chi connectivity index (χ3v) is 7.07. The fourth-order valence-electron chi connectivity index (χ4n) is 5.22. The number of anilines is 1. The van der Waals surface area contributed by atoms with Crippen LogP contribution in [-0.4, -0.2) is 77.9 Å². The number of hydrogen-bond acceptors (Lipinski definition) is 6. The summed E-state index contributed by atoms with van der Waals surface area (Å²) in [5.74, 6) is -0.0704. The van der Waals surface area contributed by atoms with Crippen LogP contribution in [0, 0.1) is 16.0 Å². The number of carbonyl (C=O) groups is 2. The molecule has 4 aliphatic rings. The van der Waals surface area contributed by atoms with Crippen LogP contribution in [0.3, 0.4) is 0 Å². The standard InChI is InChI=1S/C22H29N5O4/c28-21(25-7-1-2-8-25)14-24-9-10-26-19-6-5-17(27(30)31)11-15(19)12-18(20(26)13-24)22(29)23-16-3-4-16/h5-6,11,16,18,20H,1-4,7-10,12-14H2,(H,23,29)/t18-,20-/m0/s1. The first kappa shape index (κ1) is 20.2. The Bertz CT molecular complexity index is 896. The maximum absolute atomic E-state index is 13.1.